The van der Waals surface area contributed by atoms with Crippen molar-refractivity contribution in [1.29, 1.82) is 0 Å². The highest BCUT2D eigenvalue weighted by molar-refractivity contribution is 6.32. The molecular formula is C13H17ClN2O3. The standard InChI is InChI=1S/C13H17ClN2O3/c1-13(2)9-15(5-6-19-13)8-10-3-4-11(14)12(7-10)16(17)18/h3-4,7H,5-6,8-9H2,1-2H3. The Bertz CT molecular complexity index is 491. The highest BCUT2D eigenvalue weighted by atomic mass is 35.5. The summed E-state index contributed by atoms with van der Waals surface area (Å²) in [4.78, 5) is 12.6. The second kappa shape index (κ2) is 5.45. The first-order valence-electron chi connectivity index (χ1n) is 6.16. The third-order valence-corrected chi connectivity index (χ3v) is 3.44. The average Bonchev–Trinajstić information content (AvgIpc) is 2.30. The van der Waals surface area contributed by atoms with E-state index in [1.54, 1.807) is 12.1 Å². The lowest BCUT2D eigenvalue weighted by Crippen LogP contribution is -2.47. The molecule has 0 atom stereocenters. The zero-order valence-electron chi connectivity index (χ0n) is 11.1. The van der Waals surface area contributed by atoms with Gasteiger partial charge >= 0.3 is 0 Å². The summed E-state index contributed by atoms with van der Waals surface area (Å²) in [7, 11) is 0. The van der Waals surface area contributed by atoms with Crippen LogP contribution in [0.2, 0.25) is 5.02 Å². The number of rotatable bonds is 3. The highest BCUT2D eigenvalue weighted by Crippen LogP contribution is 2.26. The van der Waals surface area contributed by atoms with Crippen LogP contribution in [-0.2, 0) is 11.3 Å². The zero-order valence-corrected chi connectivity index (χ0v) is 11.8. The van der Waals surface area contributed by atoms with Crippen LogP contribution < -0.4 is 0 Å². The van der Waals surface area contributed by atoms with E-state index in [2.05, 4.69) is 4.90 Å². The molecule has 104 valence electrons. The molecule has 5 nitrogen and oxygen atoms in total. The molecule has 6 heteroatoms. The first-order valence-corrected chi connectivity index (χ1v) is 6.54. The summed E-state index contributed by atoms with van der Waals surface area (Å²) in [5.41, 5.74) is 0.692. The number of halogens is 1. The van der Waals surface area contributed by atoms with E-state index in [9.17, 15) is 10.1 Å². The molecule has 2 rings (SSSR count). The fraction of sp³-hybridized carbons (Fsp3) is 0.538. The van der Waals surface area contributed by atoms with Crippen LogP contribution in [0.25, 0.3) is 0 Å². The van der Waals surface area contributed by atoms with E-state index in [0.717, 1.165) is 18.7 Å². The summed E-state index contributed by atoms with van der Waals surface area (Å²) in [6.07, 6.45) is 0. The van der Waals surface area contributed by atoms with Gasteiger partial charge in [0.05, 0.1) is 17.1 Å². The molecular weight excluding hydrogens is 268 g/mol. The maximum atomic E-state index is 10.9. The summed E-state index contributed by atoms with van der Waals surface area (Å²) in [6, 6.07) is 4.96. The van der Waals surface area contributed by atoms with E-state index < -0.39 is 4.92 Å². The number of nitro groups is 1. The zero-order chi connectivity index (χ0) is 14.0. The maximum Gasteiger partial charge on any atom is 0.288 e. The monoisotopic (exact) mass is 284 g/mol. The molecule has 1 aromatic carbocycles. The van der Waals surface area contributed by atoms with Crippen molar-refractivity contribution in [1.82, 2.24) is 4.90 Å². The van der Waals surface area contributed by atoms with Crippen LogP contribution in [0.5, 0.6) is 0 Å². The Morgan fingerprint density at radius 1 is 1.53 bits per heavy atom. The molecule has 1 fully saturated rings. The third-order valence-electron chi connectivity index (χ3n) is 3.12. The van der Waals surface area contributed by atoms with Crippen LogP contribution in [0.4, 0.5) is 5.69 Å². The minimum Gasteiger partial charge on any atom is -0.373 e. The molecule has 0 unspecified atom stereocenters. The van der Waals surface area contributed by atoms with Gasteiger partial charge < -0.3 is 4.74 Å². The molecule has 0 aliphatic carbocycles. The topological polar surface area (TPSA) is 55.6 Å². The summed E-state index contributed by atoms with van der Waals surface area (Å²) >= 11 is 5.80. The van der Waals surface area contributed by atoms with Crippen LogP contribution in [-0.4, -0.2) is 35.1 Å². The molecule has 1 aromatic rings. The highest BCUT2D eigenvalue weighted by Gasteiger charge is 2.27. The second-order valence-electron chi connectivity index (χ2n) is 5.36. The second-order valence-corrected chi connectivity index (χ2v) is 5.77. The molecule has 1 saturated heterocycles. The fourth-order valence-electron chi connectivity index (χ4n) is 2.30. The van der Waals surface area contributed by atoms with Crippen LogP contribution in [0.3, 0.4) is 0 Å². The molecule has 1 aliphatic rings. The minimum atomic E-state index is -0.449. The Balaban J connectivity index is 2.11. The molecule has 0 radical (unpaired) electrons. The van der Waals surface area contributed by atoms with Gasteiger partial charge in [-0.3, -0.25) is 15.0 Å². The lowest BCUT2D eigenvalue weighted by molar-refractivity contribution is -0.384. The van der Waals surface area contributed by atoms with Crippen molar-refractivity contribution in [2.24, 2.45) is 0 Å². The van der Waals surface area contributed by atoms with Crippen LogP contribution in [0, 0.1) is 10.1 Å². The van der Waals surface area contributed by atoms with Crippen LogP contribution in [0.1, 0.15) is 19.4 Å². The van der Waals surface area contributed by atoms with Gasteiger partial charge in [-0.25, -0.2) is 0 Å². The lowest BCUT2D eigenvalue weighted by atomic mass is 10.1. The number of nitro benzene ring substituents is 1. The van der Waals surface area contributed by atoms with Gasteiger partial charge in [-0.15, -0.1) is 0 Å². The average molecular weight is 285 g/mol. The Morgan fingerprint density at radius 3 is 2.89 bits per heavy atom. The molecule has 0 amide bonds. The molecule has 0 aromatic heterocycles. The van der Waals surface area contributed by atoms with Gasteiger partial charge in [-0.1, -0.05) is 17.7 Å². The lowest BCUT2D eigenvalue weighted by Gasteiger charge is -2.38. The van der Waals surface area contributed by atoms with Crippen LogP contribution in [0.15, 0.2) is 18.2 Å². The van der Waals surface area contributed by atoms with Crippen molar-refractivity contribution in [3.8, 4) is 0 Å². The first kappa shape index (κ1) is 14.2. The van der Waals surface area contributed by atoms with Crippen molar-refractivity contribution in [2.45, 2.75) is 26.0 Å². The fourth-order valence-corrected chi connectivity index (χ4v) is 2.49. The van der Waals surface area contributed by atoms with Gasteiger partial charge in [-0.05, 0) is 25.5 Å². The SMILES string of the molecule is CC1(C)CN(Cc2ccc(Cl)c([N+](=O)[O-])c2)CCO1. The summed E-state index contributed by atoms with van der Waals surface area (Å²) in [5.74, 6) is 0. The molecule has 19 heavy (non-hydrogen) atoms. The molecule has 0 saturated carbocycles. The van der Waals surface area contributed by atoms with Gasteiger partial charge in [-0.2, -0.15) is 0 Å². The van der Waals surface area contributed by atoms with Gasteiger partial charge in [0, 0.05) is 25.7 Å². The molecule has 0 bridgehead atoms. The van der Waals surface area contributed by atoms with Crippen molar-refractivity contribution >= 4 is 17.3 Å². The Labute approximate surface area is 117 Å². The van der Waals surface area contributed by atoms with E-state index in [1.807, 2.05) is 19.9 Å². The molecule has 1 heterocycles. The maximum absolute atomic E-state index is 10.9. The molecule has 1 aliphatic heterocycles. The summed E-state index contributed by atoms with van der Waals surface area (Å²) < 4.78 is 5.64. The normalized spacial score (nSPS) is 19.3. The van der Waals surface area contributed by atoms with Crippen molar-refractivity contribution < 1.29 is 9.66 Å². The summed E-state index contributed by atoms with van der Waals surface area (Å²) in [6.45, 7) is 7.09. The van der Waals surface area contributed by atoms with E-state index >= 15 is 0 Å². The van der Waals surface area contributed by atoms with E-state index in [0.29, 0.717) is 13.2 Å². The van der Waals surface area contributed by atoms with Crippen molar-refractivity contribution in [3.63, 3.8) is 0 Å². The predicted molar refractivity (Wildman–Crippen MR) is 73.4 cm³/mol. The van der Waals surface area contributed by atoms with Gasteiger partial charge in [0.1, 0.15) is 5.02 Å². The largest absolute Gasteiger partial charge is 0.373 e. The first-order chi connectivity index (χ1) is 8.87. The predicted octanol–water partition coefficient (Wildman–Crippen LogP) is 2.86. The van der Waals surface area contributed by atoms with Gasteiger partial charge in [0.2, 0.25) is 0 Å². The quantitative estimate of drug-likeness (QED) is 0.633. The number of ether oxygens (including phenoxy) is 1. The smallest absolute Gasteiger partial charge is 0.288 e. The van der Waals surface area contributed by atoms with E-state index in [4.69, 9.17) is 16.3 Å². The third kappa shape index (κ3) is 3.65. The Hall–Kier alpha value is -1.17. The number of hydrogen-bond donors (Lipinski definition) is 0. The number of nitrogens with zero attached hydrogens (tertiary/aromatic N) is 2. The number of hydrogen-bond acceptors (Lipinski definition) is 4. The number of morpholine rings is 1. The van der Waals surface area contributed by atoms with Crippen molar-refractivity contribution in [2.75, 3.05) is 19.7 Å². The van der Waals surface area contributed by atoms with Gasteiger partial charge in [0.15, 0.2) is 0 Å². The molecule has 0 N–H and O–H groups in total. The van der Waals surface area contributed by atoms with E-state index in [1.165, 1.54) is 0 Å². The summed E-state index contributed by atoms with van der Waals surface area (Å²) in [5, 5.41) is 11.0. The van der Waals surface area contributed by atoms with Crippen molar-refractivity contribution in [3.05, 3.63) is 38.9 Å². The van der Waals surface area contributed by atoms with Gasteiger partial charge in [0.25, 0.3) is 5.69 Å². The minimum absolute atomic E-state index is 0.0355. The number of benzene rings is 1. The van der Waals surface area contributed by atoms with E-state index in [-0.39, 0.29) is 16.3 Å². The Morgan fingerprint density at radius 2 is 2.26 bits per heavy atom. The van der Waals surface area contributed by atoms with Crippen LogP contribution >= 0.6 is 11.6 Å². The Kier molecular flexibility index (Phi) is 4.08. The molecule has 0 spiro atoms.